The van der Waals surface area contributed by atoms with Crippen LogP contribution in [0, 0.1) is 34.5 Å². The van der Waals surface area contributed by atoms with Crippen LogP contribution in [-0.2, 0) is 19.1 Å². The molecule has 1 atom stereocenters. The Morgan fingerprint density at radius 1 is 0.842 bits per heavy atom. The van der Waals surface area contributed by atoms with Crippen LogP contribution in [0.4, 0.5) is 0 Å². The second-order valence-electron chi connectivity index (χ2n) is 13.3. The van der Waals surface area contributed by atoms with Crippen LogP contribution in [0.25, 0.3) is 0 Å². The molecule has 0 aromatic carbocycles. The zero-order valence-corrected chi connectivity index (χ0v) is 25.3. The van der Waals surface area contributed by atoms with E-state index in [0.29, 0.717) is 11.5 Å². The Hall–Kier alpha value is -1.36. The highest BCUT2D eigenvalue weighted by Gasteiger charge is 2.44. The average Bonchev–Trinajstić information content (AvgIpc) is 2.93. The fraction of sp³-hybridized carbons (Fsp3) is 0.879. The second-order valence-corrected chi connectivity index (χ2v) is 13.3. The first-order valence-electron chi connectivity index (χ1n) is 15.7. The summed E-state index contributed by atoms with van der Waals surface area (Å²) >= 11 is 0. The summed E-state index contributed by atoms with van der Waals surface area (Å²) in [6, 6.07) is 0. The zero-order chi connectivity index (χ0) is 28.2. The molecule has 0 saturated heterocycles. The Bertz CT molecular complexity index is 728. The van der Waals surface area contributed by atoms with E-state index in [0.717, 1.165) is 49.9 Å². The van der Waals surface area contributed by atoms with Crippen molar-refractivity contribution in [2.45, 2.75) is 131 Å². The number of hydrogen-bond donors (Lipinski definition) is 1. The van der Waals surface area contributed by atoms with Crippen LogP contribution in [0.5, 0.6) is 0 Å². The first-order chi connectivity index (χ1) is 18.1. The van der Waals surface area contributed by atoms with Crippen LogP contribution in [0.1, 0.15) is 131 Å². The minimum atomic E-state index is -0.947. The SMILES string of the molecule is C=C(C)C(=O)OCC(CCCC)(COC(=O)C(C)(C)CO)C1CCC(C2CCC(CCCCC)CC2)CC1. The Kier molecular flexibility index (Phi) is 13.9. The van der Waals surface area contributed by atoms with Gasteiger partial charge in [-0.05, 0) is 89.4 Å². The largest absolute Gasteiger partial charge is 0.464 e. The summed E-state index contributed by atoms with van der Waals surface area (Å²) in [7, 11) is 0. The van der Waals surface area contributed by atoms with Gasteiger partial charge < -0.3 is 14.6 Å². The molecule has 2 saturated carbocycles. The molecule has 0 bridgehead atoms. The molecular weight excluding hydrogens is 476 g/mol. The summed E-state index contributed by atoms with van der Waals surface area (Å²) in [6.07, 6.45) is 18.6. The number of unbranched alkanes of at least 4 members (excludes halogenated alkanes) is 3. The van der Waals surface area contributed by atoms with Gasteiger partial charge in [0.1, 0.15) is 13.2 Å². The van der Waals surface area contributed by atoms with E-state index in [-0.39, 0.29) is 25.8 Å². The van der Waals surface area contributed by atoms with Gasteiger partial charge in [0.15, 0.2) is 0 Å². The van der Waals surface area contributed by atoms with Crippen molar-refractivity contribution < 1.29 is 24.2 Å². The molecule has 0 spiro atoms. The summed E-state index contributed by atoms with van der Waals surface area (Å²) in [6.45, 7) is 13.5. The van der Waals surface area contributed by atoms with Crippen molar-refractivity contribution >= 4 is 11.9 Å². The Labute approximate surface area is 233 Å². The van der Waals surface area contributed by atoms with Crippen LogP contribution >= 0.6 is 0 Å². The minimum Gasteiger partial charge on any atom is -0.464 e. The fourth-order valence-electron chi connectivity index (χ4n) is 6.79. The van der Waals surface area contributed by atoms with Gasteiger partial charge >= 0.3 is 11.9 Å². The summed E-state index contributed by atoms with van der Waals surface area (Å²) < 4.78 is 11.7. The lowest BCUT2D eigenvalue weighted by atomic mass is 9.62. The number of rotatable bonds is 16. The van der Waals surface area contributed by atoms with Gasteiger partial charge in [-0.2, -0.15) is 0 Å². The van der Waals surface area contributed by atoms with Crippen molar-refractivity contribution in [3.8, 4) is 0 Å². The summed E-state index contributed by atoms with van der Waals surface area (Å²) in [5.74, 6) is 2.16. The summed E-state index contributed by atoms with van der Waals surface area (Å²) in [5, 5.41) is 9.66. The molecule has 220 valence electrons. The van der Waals surface area contributed by atoms with E-state index in [1.807, 2.05) is 0 Å². The van der Waals surface area contributed by atoms with Crippen LogP contribution in [0.2, 0.25) is 0 Å². The molecule has 0 aromatic heterocycles. The summed E-state index contributed by atoms with van der Waals surface area (Å²) in [4.78, 5) is 25.2. The summed E-state index contributed by atoms with van der Waals surface area (Å²) in [5.41, 5.74) is -0.955. The first-order valence-corrected chi connectivity index (χ1v) is 15.7. The highest BCUT2D eigenvalue weighted by atomic mass is 16.5. The number of carbonyl (C=O) groups is 2. The van der Waals surface area contributed by atoms with E-state index in [2.05, 4.69) is 20.4 Å². The number of ether oxygens (including phenoxy) is 2. The molecule has 2 fully saturated rings. The molecule has 5 nitrogen and oxygen atoms in total. The molecule has 5 heteroatoms. The van der Waals surface area contributed by atoms with E-state index in [1.54, 1.807) is 20.8 Å². The van der Waals surface area contributed by atoms with E-state index in [4.69, 9.17) is 9.47 Å². The Morgan fingerprint density at radius 2 is 1.39 bits per heavy atom. The fourth-order valence-corrected chi connectivity index (χ4v) is 6.79. The van der Waals surface area contributed by atoms with Crippen molar-refractivity contribution in [1.29, 1.82) is 0 Å². The van der Waals surface area contributed by atoms with E-state index in [1.165, 1.54) is 64.2 Å². The van der Waals surface area contributed by atoms with Crippen LogP contribution in [0.3, 0.4) is 0 Å². The quantitative estimate of drug-likeness (QED) is 0.123. The van der Waals surface area contributed by atoms with Gasteiger partial charge in [-0.15, -0.1) is 0 Å². The molecule has 0 aliphatic heterocycles. The van der Waals surface area contributed by atoms with Crippen molar-refractivity contribution in [3.05, 3.63) is 12.2 Å². The van der Waals surface area contributed by atoms with Crippen LogP contribution in [0.15, 0.2) is 12.2 Å². The predicted octanol–water partition coefficient (Wildman–Crippen LogP) is 8.04. The Morgan fingerprint density at radius 3 is 1.92 bits per heavy atom. The van der Waals surface area contributed by atoms with Crippen molar-refractivity contribution in [1.82, 2.24) is 0 Å². The van der Waals surface area contributed by atoms with Gasteiger partial charge in [0, 0.05) is 11.0 Å². The third kappa shape index (κ3) is 9.68. The van der Waals surface area contributed by atoms with Gasteiger partial charge in [-0.25, -0.2) is 4.79 Å². The topological polar surface area (TPSA) is 72.8 Å². The molecule has 0 radical (unpaired) electrons. The van der Waals surface area contributed by atoms with Gasteiger partial charge in [-0.1, -0.05) is 71.8 Å². The number of esters is 2. The normalized spacial score (nSPS) is 25.8. The van der Waals surface area contributed by atoms with E-state index < -0.39 is 16.8 Å². The molecule has 2 aliphatic carbocycles. The third-order valence-corrected chi connectivity index (χ3v) is 9.72. The first kappa shape index (κ1) is 32.8. The smallest absolute Gasteiger partial charge is 0.333 e. The predicted molar refractivity (Wildman–Crippen MR) is 155 cm³/mol. The van der Waals surface area contributed by atoms with Crippen molar-refractivity contribution in [2.75, 3.05) is 19.8 Å². The lowest BCUT2D eigenvalue weighted by molar-refractivity contribution is -0.166. The highest BCUT2D eigenvalue weighted by Crippen LogP contribution is 2.48. The third-order valence-electron chi connectivity index (χ3n) is 9.72. The van der Waals surface area contributed by atoms with Crippen LogP contribution in [-0.4, -0.2) is 36.9 Å². The maximum atomic E-state index is 12.8. The molecular formula is C33H58O5. The molecule has 1 unspecified atom stereocenters. The second kappa shape index (κ2) is 16.0. The lowest BCUT2D eigenvalue weighted by Crippen LogP contribution is -2.44. The van der Waals surface area contributed by atoms with Gasteiger partial charge in [0.2, 0.25) is 0 Å². The zero-order valence-electron chi connectivity index (χ0n) is 25.3. The highest BCUT2D eigenvalue weighted by molar-refractivity contribution is 5.86. The molecule has 1 N–H and O–H groups in total. The molecule has 2 rings (SSSR count). The number of aliphatic hydroxyl groups is 1. The molecule has 0 heterocycles. The molecule has 2 aliphatic rings. The average molecular weight is 535 g/mol. The molecule has 38 heavy (non-hydrogen) atoms. The maximum Gasteiger partial charge on any atom is 0.333 e. The van der Waals surface area contributed by atoms with Crippen LogP contribution < -0.4 is 0 Å². The number of carbonyl (C=O) groups excluding carboxylic acids is 2. The van der Waals surface area contributed by atoms with Gasteiger partial charge in [0.05, 0.1) is 12.0 Å². The van der Waals surface area contributed by atoms with E-state index in [9.17, 15) is 14.7 Å². The van der Waals surface area contributed by atoms with Crippen molar-refractivity contribution in [2.24, 2.45) is 34.5 Å². The number of hydrogen-bond acceptors (Lipinski definition) is 5. The van der Waals surface area contributed by atoms with Gasteiger partial charge in [-0.3, -0.25) is 4.79 Å². The standard InChI is InChI=1S/C33H58O5/c1-7-9-11-12-26-13-15-27(16-14-26)28-17-19-29(20-18-28)33(21-10-8-2,23-37-30(35)25(3)4)24-38-31(36)32(5,6)22-34/h26-29,34H,3,7-24H2,1-2,4-6H3. The van der Waals surface area contributed by atoms with Gasteiger partial charge in [0.25, 0.3) is 0 Å². The monoisotopic (exact) mass is 534 g/mol. The minimum absolute atomic E-state index is 0.233. The lowest BCUT2D eigenvalue weighted by Gasteiger charge is -2.45. The van der Waals surface area contributed by atoms with Crippen molar-refractivity contribution in [3.63, 3.8) is 0 Å². The Balaban J connectivity index is 2.07. The molecule has 0 aromatic rings. The van der Waals surface area contributed by atoms with E-state index >= 15 is 0 Å². The maximum absolute atomic E-state index is 12.8. The number of aliphatic hydroxyl groups excluding tert-OH is 1. The molecule has 0 amide bonds.